The fourth-order valence-corrected chi connectivity index (χ4v) is 1.07. The Kier molecular flexibility index (Phi) is 8.88. The zero-order valence-corrected chi connectivity index (χ0v) is 8.50. The SMILES string of the molecule is C=CC(=O)OCCCCCCCC#N. The summed E-state index contributed by atoms with van der Waals surface area (Å²) < 4.78 is 4.81. The monoisotopic (exact) mass is 195 g/mol. The number of nitriles is 1. The number of hydrogen-bond acceptors (Lipinski definition) is 3. The van der Waals surface area contributed by atoms with Crippen LogP contribution < -0.4 is 0 Å². The quantitative estimate of drug-likeness (QED) is 0.340. The van der Waals surface area contributed by atoms with E-state index in [1.807, 2.05) is 0 Å². The molecule has 0 aliphatic rings. The second-order valence-corrected chi connectivity index (χ2v) is 3.05. The van der Waals surface area contributed by atoms with E-state index in [-0.39, 0.29) is 5.97 Å². The van der Waals surface area contributed by atoms with Crippen molar-refractivity contribution >= 4 is 5.97 Å². The molecule has 0 aliphatic heterocycles. The first-order valence-electron chi connectivity index (χ1n) is 4.97. The molecule has 0 aromatic heterocycles. The van der Waals surface area contributed by atoms with E-state index in [0.29, 0.717) is 13.0 Å². The highest BCUT2D eigenvalue weighted by molar-refractivity contribution is 5.81. The van der Waals surface area contributed by atoms with E-state index in [9.17, 15) is 4.79 Å². The molecule has 0 N–H and O–H groups in total. The van der Waals surface area contributed by atoms with Crippen molar-refractivity contribution in [2.45, 2.75) is 38.5 Å². The molecule has 14 heavy (non-hydrogen) atoms. The first-order valence-corrected chi connectivity index (χ1v) is 4.97. The lowest BCUT2D eigenvalue weighted by molar-refractivity contribution is -0.137. The smallest absolute Gasteiger partial charge is 0.330 e. The van der Waals surface area contributed by atoms with Gasteiger partial charge < -0.3 is 4.74 Å². The Morgan fingerprint density at radius 3 is 2.57 bits per heavy atom. The number of hydrogen-bond donors (Lipinski definition) is 0. The first-order chi connectivity index (χ1) is 6.81. The van der Waals surface area contributed by atoms with E-state index in [2.05, 4.69) is 12.6 Å². The highest BCUT2D eigenvalue weighted by atomic mass is 16.5. The molecule has 0 fully saturated rings. The zero-order chi connectivity index (χ0) is 10.6. The Balaban J connectivity index is 3.03. The molecule has 0 radical (unpaired) electrons. The lowest BCUT2D eigenvalue weighted by Crippen LogP contribution is -2.01. The molecule has 0 unspecified atom stereocenters. The van der Waals surface area contributed by atoms with Gasteiger partial charge in [0, 0.05) is 12.5 Å². The maximum absolute atomic E-state index is 10.6. The molecule has 78 valence electrons. The maximum atomic E-state index is 10.6. The van der Waals surface area contributed by atoms with Crippen LogP contribution in [-0.2, 0) is 9.53 Å². The highest BCUT2D eigenvalue weighted by Gasteiger charge is 1.95. The third-order valence-electron chi connectivity index (χ3n) is 1.84. The van der Waals surface area contributed by atoms with E-state index in [1.54, 1.807) is 0 Å². The summed E-state index contributed by atoms with van der Waals surface area (Å²) in [5, 5.41) is 8.28. The van der Waals surface area contributed by atoms with Crippen molar-refractivity contribution < 1.29 is 9.53 Å². The van der Waals surface area contributed by atoms with Gasteiger partial charge in [-0.15, -0.1) is 0 Å². The van der Waals surface area contributed by atoms with Gasteiger partial charge in [0.15, 0.2) is 0 Å². The van der Waals surface area contributed by atoms with Gasteiger partial charge in [0.05, 0.1) is 12.7 Å². The maximum Gasteiger partial charge on any atom is 0.330 e. The number of carbonyl (C=O) groups is 1. The van der Waals surface area contributed by atoms with E-state index in [4.69, 9.17) is 10.00 Å². The molecule has 0 spiro atoms. The van der Waals surface area contributed by atoms with E-state index < -0.39 is 0 Å². The summed E-state index contributed by atoms with van der Waals surface area (Å²) in [6, 6.07) is 2.11. The summed E-state index contributed by atoms with van der Waals surface area (Å²) in [6.07, 6.45) is 6.93. The molecule has 0 aromatic rings. The number of unbranched alkanes of at least 4 members (excludes halogenated alkanes) is 5. The van der Waals surface area contributed by atoms with Crippen molar-refractivity contribution in [1.29, 1.82) is 5.26 Å². The molecule has 3 heteroatoms. The molecule has 3 nitrogen and oxygen atoms in total. The second kappa shape index (κ2) is 9.79. The van der Waals surface area contributed by atoms with Gasteiger partial charge in [-0.1, -0.05) is 25.8 Å². The number of ether oxygens (including phenoxy) is 1. The van der Waals surface area contributed by atoms with Crippen molar-refractivity contribution in [3.63, 3.8) is 0 Å². The average Bonchev–Trinajstić information content (AvgIpc) is 2.21. The van der Waals surface area contributed by atoms with Gasteiger partial charge in [-0.25, -0.2) is 4.79 Å². The molecule has 0 aliphatic carbocycles. The molecule has 0 rings (SSSR count). The Labute approximate surface area is 85.4 Å². The summed E-state index contributed by atoms with van der Waals surface area (Å²) >= 11 is 0. The van der Waals surface area contributed by atoms with Crippen molar-refractivity contribution in [2.75, 3.05) is 6.61 Å². The molecule has 0 saturated carbocycles. The van der Waals surface area contributed by atoms with Crippen LogP contribution in [0.3, 0.4) is 0 Å². The number of nitrogens with zero attached hydrogens (tertiary/aromatic N) is 1. The summed E-state index contributed by atoms with van der Waals surface area (Å²) in [6.45, 7) is 3.78. The molecular formula is C11H17NO2. The standard InChI is InChI=1S/C11H17NO2/c1-2-11(13)14-10-8-6-4-3-5-7-9-12/h2H,1,3-8,10H2. The van der Waals surface area contributed by atoms with Gasteiger partial charge in [0.2, 0.25) is 0 Å². The molecule has 0 bridgehead atoms. The summed E-state index contributed by atoms with van der Waals surface area (Å²) in [5.41, 5.74) is 0. The molecular weight excluding hydrogens is 178 g/mol. The molecule has 0 heterocycles. The fourth-order valence-electron chi connectivity index (χ4n) is 1.07. The minimum absolute atomic E-state index is 0.352. The molecule has 0 atom stereocenters. The Morgan fingerprint density at radius 2 is 1.93 bits per heavy atom. The Morgan fingerprint density at radius 1 is 1.29 bits per heavy atom. The molecule has 0 saturated heterocycles. The van der Waals surface area contributed by atoms with E-state index in [0.717, 1.165) is 32.1 Å². The predicted molar refractivity (Wildman–Crippen MR) is 54.5 cm³/mol. The average molecular weight is 195 g/mol. The minimum Gasteiger partial charge on any atom is -0.463 e. The van der Waals surface area contributed by atoms with Crippen LogP contribution >= 0.6 is 0 Å². The van der Waals surface area contributed by atoms with Gasteiger partial charge in [0.25, 0.3) is 0 Å². The van der Waals surface area contributed by atoms with Crippen molar-refractivity contribution in [1.82, 2.24) is 0 Å². The normalized spacial score (nSPS) is 9.07. The summed E-state index contributed by atoms with van der Waals surface area (Å²) in [4.78, 5) is 10.6. The Hall–Kier alpha value is -1.30. The van der Waals surface area contributed by atoms with Gasteiger partial charge >= 0.3 is 5.97 Å². The molecule has 0 amide bonds. The van der Waals surface area contributed by atoms with Crippen LogP contribution in [0.5, 0.6) is 0 Å². The highest BCUT2D eigenvalue weighted by Crippen LogP contribution is 2.04. The third-order valence-corrected chi connectivity index (χ3v) is 1.84. The lowest BCUT2D eigenvalue weighted by Gasteiger charge is -2.01. The van der Waals surface area contributed by atoms with Crippen LogP contribution in [0.2, 0.25) is 0 Å². The zero-order valence-electron chi connectivity index (χ0n) is 8.50. The van der Waals surface area contributed by atoms with Gasteiger partial charge in [0.1, 0.15) is 0 Å². The van der Waals surface area contributed by atoms with Gasteiger partial charge in [-0.2, -0.15) is 5.26 Å². The van der Waals surface area contributed by atoms with Gasteiger partial charge in [-0.3, -0.25) is 0 Å². The van der Waals surface area contributed by atoms with Crippen LogP contribution in [-0.4, -0.2) is 12.6 Å². The van der Waals surface area contributed by atoms with E-state index >= 15 is 0 Å². The number of esters is 1. The fraction of sp³-hybridized carbons (Fsp3) is 0.636. The summed E-state index contributed by atoms with van der Waals surface area (Å²) in [5.74, 6) is -0.352. The van der Waals surface area contributed by atoms with Crippen LogP contribution in [0.15, 0.2) is 12.7 Å². The van der Waals surface area contributed by atoms with Gasteiger partial charge in [-0.05, 0) is 12.8 Å². The summed E-state index contributed by atoms with van der Waals surface area (Å²) in [7, 11) is 0. The largest absolute Gasteiger partial charge is 0.463 e. The first kappa shape index (κ1) is 12.7. The minimum atomic E-state index is -0.352. The number of rotatable bonds is 8. The lowest BCUT2D eigenvalue weighted by atomic mass is 10.1. The van der Waals surface area contributed by atoms with Crippen LogP contribution in [0.4, 0.5) is 0 Å². The van der Waals surface area contributed by atoms with Crippen LogP contribution in [0, 0.1) is 11.3 Å². The predicted octanol–water partition coefficient (Wildman–Crippen LogP) is 2.58. The van der Waals surface area contributed by atoms with Crippen molar-refractivity contribution in [2.24, 2.45) is 0 Å². The molecule has 0 aromatic carbocycles. The Bertz CT molecular complexity index is 206. The second-order valence-electron chi connectivity index (χ2n) is 3.05. The number of carbonyl (C=O) groups excluding carboxylic acids is 1. The van der Waals surface area contributed by atoms with Crippen molar-refractivity contribution in [3.8, 4) is 6.07 Å². The van der Waals surface area contributed by atoms with Crippen LogP contribution in [0.1, 0.15) is 38.5 Å². The van der Waals surface area contributed by atoms with Crippen molar-refractivity contribution in [3.05, 3.63) is 12.7 Å². The third kappa shape index (κ3) is 8.79. The van der Waals surface area contributed by atoms with E-state index in [1.165, 1.54) is 6.08 Å². The topological polar surface area (TPSA) is 50.1 Å². The van der Waals surface area contributed by atoms with Crippen LogP contribution in [0.25, 0.3) is 0 Å².